The third-order valence-corrected chi connectivity index (χ3v) is 17.7. The molecule has 7 aromatic carbocycles. The standard InChI is InChI=1S/C68H72BN5/c1-63(2,3)46-20-17-22-50(34-46)72-58-36-48(65(7,8)9)26-28-55(58)69-56-29-27-49(66(10,11)12)37-59(56)73(51-23-18-21-47(35-51)64(4,5)6)61-39-52(38-60(72)62(61)69)74-57-30-25-44(45-40-70-42-71-41-45)33-54(57)67(13)32-31-43-19-15-16-24-53(43)68(67,74)14/h15-30,33-42H,31-32H2,1-14H3. The summed E-state index contributed by atoms with van der Waals surface area (Å²) in [5.41, 5.74) is 24.4. The van der Waals surface area contributed by atoms with E-state index in [1.54, 1.807) is 6.33 Å². The molecule has 0 bridgehead atoms. The molecular formula is C68H72BN5. The van der Waals surface area contributed by atoms with Crippen molar-refractivity contribution in [1.82, 2.24) is 9.97 Å². The summed E-state index contributed by atoms with van der Waals surface area (Å²) in [6.07, 6.45) is 7.55. The fourth-order valence-corrected chi connectivity index (χ4v) is 13.2. The molecule has 1 aromatic heterocycles. The highest BCUT2D eigenvalue weighted by Crippen LogP contribution is 2.65. The van der Waals surface area contributed by atoms with Gasteiger partial charge in [-0.1, -0.05) is 169 Å². The summed E-state index contributed by atoms with van der Waals surface area (Å²) >= 11 is 0. The van der Waals surface area contributed by atoms with Gasteiger partial charge in [0.15, 0.2) is 0 Å². The van der Waals surface area contributed by atoms with Crippen LogP contribution in [0.25, 0.3) is 11.1 Å². The Morgan fingerprint density at radius 2 is 0.959 bits per heavy atom. The van der Waals surface area contributed by atoms with Crippen LogP contribution in [0.1, 0.15) is 142 Å². The van der Waals surface area contributed by atoms with Crippen molar-refractivity contribution in [2.45, 2.75) is 142 Å². The normalized spacial score (nSPS) is 18.8. The molecule has 0 N–H and O–H groups in total. The van der Waals surface area contributed by atoms with Gasteiger partial charge >= 0.3 is 0 Å². The van der Waals surface area contributed by atoms with Crippen LogP contribution < -0.4 is 31.1 Å². The maximum Gasteiger partial charge on any atom is 0.252 e. The number of aryl methyl sites for hydroxylation is 1. The van der Waals surface area contributed by atoms with Crippen LogP contribution in [-0.2, 0) is 39.0 Å². The molecule has 4 aliphatic rings. The zero-order chi connectivity index (χ0) is 52.1. The molecule has 0 amide bonds. The Labute approximate surface area is 441 Å². The SMILES string of the molecule is CC(C)(C)c1cccc(N2c3cc(C(C)(C)C)ccc3B3c4ccc(C(C)(C)C)cc4N(c4cccc(C(C)(C)C)c4)c4cc(N5c6ccc(-c7cncnc7)cc6C6(C)CCc7ccccc7C56C)cc2c43)c1. The topological polar surface area (TPSA) is 35.5 Å². The fraction of sp³-hybridized carbons (Fsp3) is 0.324. The molecule has 4 heterocycles. The van der Waals surface area contributed by atoms with Crippen molar-refractivity contribution in [1.29, 1.82) is 0 Å². The summed E-state index contributed by atoms with van der Waals surface area (Å²) in [4.78, 5) is 17.0. The lowest BCUT2D eigenvalue weighted by Gasteiger charge is -2.52. The molecule has 0 fully saturated rings. The first kappa shape index (κ1) is 48.1. The first-order valence-corrected chi connectivity index (χ1v) is 27.0. The van der Waals surface area contributed by atoms with E-state index < -0.39 is 5.54 Å². The molecule has 5 nitrogen and oxygen atoms in total. The van der Waals surface area contributed by atoms with Crippen LogP contribution in [0.5, 0.6) is 0 Å². The minimum absolute atomic E-state index is 0.0241. The number of anilines is 8. The zero-order valence-corrected chi connectivity index (χ0v) is 46.2. The van der Waals surface area contributed by atoms with Gasteiger partial charge in [0.05, 0.1) is 5.54 Å². The number of rotatable bonds is 4. The average molecular weight is 970 g/mol. The number of nitrogens with zero attached hydrogens (tertiary/aromatic N) is 5. The number of fused-ring (bicyclic) bond motifs is 9. The number of hydrogen-bond donors (Lipinski definition) is 0. The molecular weight excluding hydrogens is 898 g/mol. The molecule has 12 rings (SSSR count). The van der Waals surface area contributed by atoms with Crippen LogP contribution in [0.3, 0.4) is 0 Å². The Kier molecular flexibility index (Phi) is 10.6. The van der Waals surface area contributed by atoms with E-state index in [1.165, 1.54) is 101 Å². The van der Waals surface area contributed by atoms with Crippen LogP contribution in [0, 0.1) is 0 Å². The highest BCUT2D eigenvalue weighted by Gasteiger charge is 2.60. The summed E-state index contributed by atoms with van der Waals surface area (Å²) in [5, 5.41) is 0. The molecule has 3 aliphatic heterocycles. The smallest absolute Gasteiger partial charge is 0.252 e. The van der Waals surface area contributed by atoms with Gasteiger partial charge in [-0.3, -0.25) is 0 Å². The first-order valence-electron chi connectivity index (χ1n) is 27.0. The lowest BCUT2D eigenvalue weighted by molar-refractivity contribution is 0.245. The maximum absolute atomic E-state index is 4.47. The van der Waals surface area contributed by atoms with E-state index in [0.717, 1.165) is 24.0 Å². The van der Waals surface area contributed by atoms with Crippen molar-refractivity contribution in [2.24, 2.45) is 0 Å². The average Bonchev–Trinajstić information content (AvgIpc) is 3.64. The Hall–Kier alpha value is -6.92. The number of aromatic nitrogens is 2. The summed E-state index contributed by atoms with van der Waals surface area (Å²) in [5.74, 6) is 0. The van der Waals surface area contributed by atoms with Gasteiger partial charge in [-0.05, 0) is 163 Å². The molecule has 0 radical (unpaired) electrons. The predicted molar refractivity (Wildman–Crippen MR) is 314 cm³/mol. The molecule has 0 saturated heterocycles. The fourth-order valence-electron chi connectivity index (χ4n) is 13.2. The molecule has 1 aliphatic carbocycles. The van der Waals surface area contributed by atoms with E-state index in [-0.39, 0.29) is 33.8 Å². The molecule has 2 unspecified atom stereocenters. The Morgan fingerprint density at radius 3 is 1.49 bits per heavy atom. The molecule has 74 heavy (non-hydrogen) atoms. The second-order valence-corrected chi connectivity index (χ2v) is 26.4. The van der Waals surface area contributed by atoms with Gasteiger partial charge in [0, 0.05) is 68.9 Å². The number of hydrogen-bond acceptors (Lipinski definition) is 5. The van der Waals surface area contributed by atoms with Crippen molar-refractivity contribution in [2.75, 3.05) is 14.7 Å². The third-order valence-electron chi connectivity index (χ3n) is 17.7. The van der Waals surface area contributed by atoms with E-state index in [9.17, 15) is 0 Å². The monoisotopic (exact) mass is 970 g/mol. The lowest BCUT2D eigenvalue weighted by atomic mass is 9.33. The van der Waals surface area contributed by atoms with Gasteiger partial charge < -0.3 is 14.7 Å². The van der Waals surface area contributed by atoms with Gasteiger partial charge in [-0.2, -0.15) is 0 Å². The van der Waals surface area contributed by atoms with Gasteiger partial charge in [-0.15, -0.1) is 0 Å². The van der Waals surface area contributed by atoms with E-state index >= 15 is 0 Å². The molecule has 8 aromatic rings. The number of benzene rings is 7. The van der Waals surface area contributed by atoms with Crippen molar-refractivity contribution >= 4 is 68.6 Å². The highest BCUT2D eigenvalue weighted by molar-refractivity contribution is 7.00. The largest absolute Gasteiger partial charge is 0.330 e. The van der Waals surface area contributed by atoms with Crippen LogP contribution in [0.2, 0.25) is 0 Å². The van der Waals surface area contributed by atoms with Gasteiger partial charge in [0.1, 0.15) is 6.33 Å². The second kappa shape index (κ2) is 16.3. The summed E-state index contributed by atoms with van der Waals surface area (Å²) < 4.78 is 0. The lowest BCUT2D eigenvalue weighted by Crippen LogP contribution is -2.61. The maximum atomic E-state index is 4.47. The quantitative estimate of drug-likeness (QED) is 0.164. The van der Waals surface area contributed by atoms with Crippen molar-refractivity contribution in [3.8, 4) is 11.1 Å². The predicted octanol–water partition coefficient (Wildman–Crippen LogP) is 15.7. The Balaban J connectivity index is 1.24. The van der Waals surface area contributed by atoms with Crippen LogP contribution in [0.15, 0.2) is 158 Å². The summed E-state index contributed by atoms with van der Waals surface area (Å²) in [7, 11) is 0. The van der Waals surface area contributed by atoms with Gasteiger partial charge in [0.2, 0.25) is 0 Å². The molecule has 0 saturated carbocycles. The highest BCUT2D eigenvalue weighted by atomic mass is 15.3. The van der Waals surface area contributed by atoms with Crippen LogP contribution in [-0.4, -0.2) is 16.7 Å². The van der Waals surface area contributed by atoms with Gasteiger partial charge in [-0.25, -0.2) is 9.97 Å². The first-order chi connectivity index (χ1) is 35.0. The Bertz CT molecular complexity index is 3420. The summed E-state index contributed by atoms with van der Waals surface area (Å²) in [6, 6.07) is 55.1. The third kappa shape index (κ3) is 7.24. The van der Waals surface area contributed by atoms with E-state index in [2.05, 4.69) is 261 Å². The minimum Gasteiger partial charge on any atom is -0.330 e. The summed E-state index contributed by atoms with van der Waals surface area (Å²) in [6.45, 7) is 33.1. The molecule has 0 spiro atoms. The minimum atomic E-state index is -0.456. The molecule has 6 heteroatoms. The second-order valence-electron chi connectivity index (χ2n) is 26.4. The van der Waals surface area contributed by atoms with Crippen LogP contribution >= 0.6 is 0 Å². The molecule has 2 atom stereocenters. The molecule has 372 valence electrons. The van der Waals surface area contributed by atoms with Crippen molar-refractivity contribution in [3.63, 3.8) is 0 Å². The van der Waals surface area contributed by atoms with E-state index in [0.29, 0.717) is 0 Å². The van der Waals surface area contributed by atoms with Crippen molar-refractivity contribution < 1.29 is 0 Å². The van der Waals surface area contributed by atoms with Crippen molar-refractivity contribution in [3.05, 3.63) is 197 Å². The Morgan fingerprint density at radius 1 is 0.446 bits per heavy atom. The van der Waals surface area contributed by atoms with E-state index in [1.807, 2.05) is 12.4 Å². The van der Waals surface area contributed by atoms with Gasteiger partial charge in [0.25, 0.3) is 6.71 Å². The van der Waals surface area contributed by atoms with E-state index in [4.69, 9.17) is 0 Å². The zero-order valence-electron chi connectivity index (χ0n) is 46.2. The van der Waals surface area contributed by atoms with Crippen LogP contribution in [0.4, 0.5) is 45.5 Å².